The number of phenols is 1. The Labute approximate surface area is 186 Å². The Hall–Kier alpha value is -3.48. The number of ketones is 1. The number of hydrogen-bond donors (Lipinski definition) is 2. The number of aliphatic hydroxyl groups is 1. The van der Waals surface area contributed by atoms with Gasteiger partial charge in [-0.1, -0.05) is 31.4 Å². The monoisotopic (exact) mass is 437 g/mol. The molecule has 7 nitrogen and oxygen atoms in total. The van der Waals surface area contributed by atoms with E-state index >= 15 is 0 Å². The van der Waals surface area contributed by atoms with Crippen LogP contribution < -0.4 is 9.47 Å². The Morgan fingerprint density at radius 1 is 1.00 bits per heavy atom. The van der Waals surface area contributed by atoms with Crippen molar-refractivity contribution in [3.8, 4) is 17.2 Å². The average molecular weight is 437 g/mol. The quantitative estimate of drug-likeness (QED) is 0.414. The third-order valence-corrected chi connectivity index (χ3v) is 6.30. The molecule has 32 heavy (non-hydrogen) atoms. The molecule has 1 unspecified atom stereocenters. The fourth-order valence-electron chi connectivity index (χ4n) is 4.75. The number of hydrogen-bond acceptors (Lipinski definition) is 6. The van der Waals surface area contributed by atoms with Gasteiger partial charge in [0.15, 0.2) is 0 Å². The molecule has 2 aromatic rings. The molecule has 1 aliphatic carbocycles. The summed E-state index contributed by atoms with van der Waals surface area (Å²) in [6.07, 6.45) is 4.64. The molecule has 1 amide bonds. The first-order valence-electron chi connectivity index (χ1n) is 10.8. The molecule has 0 bridgehead atoms. The summed E-state index contributed by atoms with van der Waals surface area (Å²) in [5.41, 5.74) is 0.814. The molecular formula is C25H27NO6. The Kier molecular flexibility index (Phi) is 6.08. The smallest absolute Gasteiger partial charge is 0.295 e. The zero-order valence-electron chi connectivity index (χ0n) is 18.2. The van der Waals surface area contributed by atoms with Crippen molar-refractivity contribution in [2.75, 3.05) is 14.2 Å². The van der Waals surface area contributed by atoms with Crippen LogP contribution in [0.15, 0.2) is 48.0 Å². The number of ether oxygens (including phenoxy) is 2. The van der Waals surface area contributed by atoms with Gasteiger partial charge in [0.05, 0.1) is 31.4 Å². The van der Waals surface area contributed by atoms with E-state index in [0.29, 0.717) is 17.1 Å². The normalized spacial score (nSPS) is 21.1. The highest BCUT2D eigenvalue weighted by atomic mass is 16.5. The number of aliphatic hydroxyl groups excluding tert-OH is 1. The highest BCUT2D eigenvalue weighted by Gasteiger charge is 2.49. The first kappa shape index (κ1) is 21.7. The van der Waals surface area contributed by atoms with Crippen molar-refractivity contribution in [1.82, 2.24) is 4.90 Å². The third kappa shape index (κ3) is 3.79. The molecule has 168 valence electrons. The van der Waals surface area contributed by atoms with Crippen LogP contribution in [-0.4, -0.2) is 47.1 Å². The number of aromatic hydroxyl groups is 1. The molecule has 0 spiro atoms. The van der Waals surface area contributed by atoms with E-state index < -0.39 is 17.7 Å². The number of benzene rings is 2. The SMILES string of the molecule is COc1ccc(OC)c(/C(O)=C2\C(=O)C(=O)N(C3CCCCC3)C2c2cccc(O)c2)c1. The highest BCUT2D eigenvalue weighted by Crippen LogP contribution is 2.44. The molecule has 7 heteroatoms. The van der Waals surface area contributed by atoms with Crippen molar-refractivity contribution in [2.24, 2.45) is 0 Å². The van der Waals surface area contributed by atoms with Gasteiger partial charge >= 0.3 is 0 Å². The fraction of sp³-hybridized carbons (Fsp3) is 0.360. The van der Waals surface area contributed by atoms with Crippen molar-refractivity contribution >= 4 is 17.4 Å². The standard InChI is InChI=1S/C25H27NO6/c1-31-18-11-12-20(32-2)19(14-18)23(28)21-22(15-7-6-10-17(27)13-15)26(25(30)24(21)29)16-8-4-3-5-9-16/h6-7,10-14,16,22,27-28H,3-5,8-9H2,1-2H3/b23-21+. The zero-order chi connectivity index (χ0) is 22.8. The highest BCUT2D eigenvalue weighted by molar-refractivity contribution is 6.46. The summed E-state index contributed by atoms with van der Waals surface area (Å²) in [5.74, 6) is -0.856. The molecule has 2 aliphatic rings. The molecule has 2 N–H and O–H groups in total. The fourth-order valence-corrected chi connectivity index (χ4v) is 4.75. The number of rotatable bonds is 5. The summed E-state index contributed by atoms with van der Waals surface area (Å²) in [7, 11) is 2.96. The number of carbonyl (C=O) groups excluding carboxylic acids is 2. The summed E-state index contributed by atoms with van der Waals surface area (Å²) in [6.45, 7) is 0. The summed E-state index contributed by atoms with van der Waals surface area (Å²) in [4.78, 5) is 28.1. The lowest BCUT2D eigenvalue weighted by Crippen LogP contribution is -2.40. The number of methoxy groups -OCH3 is 2. The number of nitrogens with zero attached hydrogens (tertiary/aromatic N) is 1. The predicted octanol–water partition coefficient (Wildman–Crippen LogP) is 4.16. The van der Waals surface area contributed by atoms with Gasteiger partial charge in [0.25, 0.3) is 11.7 Å². The van der Waals surface area contributed by atoms with Gasteiger partial charge < -0.3 is 24.6 Å². The Balaban J connectivity index is 1.92. The second-order valence-electron chi connectivity index (χ2n) is 8.16. The lowest BCUT2D eigenvalue weighted by atomic mass is 9.90. The van der Waals surface area contributed by atoms with Crippen molar-refractivity contribution < 1.29 is 29.3 Å². The van der Waals surface area contributed by atoms with Crippen LogP contribution in [0.4, 0.5) is 0 Å². The van der Waals surface area contributed by atoms with Crippen LogP contribution in [0, 0.1) is 0 Å². The van der Waals surface area contributed by atoms with E-state index in [0.717, 1.165) is 32.1 Å². The zero-order valence-corrected chi connectivity index (χ0v) is 18.2. The minimum atomic E-state index is -0.805. The minimum Gasteiger partial charge on any atom is -0.508 e. The largest absolute Gasteiger partial charge is 0.508 e. The topological polar surface area (TPSA) is 96.3 Å². The molecular weight excluding hydrogens is 410 g/mol. The van der Waals surface area contributed by atoms with Crippen LogP contribution in [0.25, 0.3) is 5.76 Å². The van der Waals surface area contributed by atoms with Gasteiger partial charge in [-0.05, 0) is 48.7 Å². The summed E-state index contributed by atoms with van der Waals surface area (Å²) in [5, 5.41) is 21.4. The molecule has 0 radical (unpaired) electrons. The van der Waals surface area contributed by atoms with Crippen LogP contribution in [0.2, 0.25) is 0 Å². The van der Waals surface area contributed by atoms with E-state index in [1.54, 1.807) is 35.2 Å². The van der Waals surface area contributed by atoms with Gasteiger partial charge in [-0.25, -0.2) is 0 Å². The van der Waals surface area contributed by atoms with Crippen LogP contribution in [0.3, 0.4) is 0 Å². The lowest BCUT2D eigenvalue weighted by Gasteiger charge is -2.35. The van der Waals surface area contributed by atoms with E-state index in [9.17, 15) is 19.8 Å². The maximum absolute atomic E-state index is 13.3. The van der Waals surface area contributed by atoms with Gasteiger partial charge in [-0.3, -0.25) is 9.59 Å². The molecule has 1 aliphatic heterocycles. The van der Waals surface area contributed by atoms with E-state index in [4.69, 9.17) is 9.47 Å². The maximum Gasteiger partial charge on any atom is 0.295 e. The summed E-state index contributed by atoms with van der Waals surface area (Å²) < 4.78 is 10.7. The number of carbonyl (C=O) groups is 2. The molecule has 1 atom stereocenters. The molecule has 1 saturated heterocycles. The number of Topliss-reactive ketones (excluding diaryl/α,β-unsaturated/α-hetero) is 1. The second-order valence-corrected chi connectivity index (χ2v) is 8.16. The second kappa shape index (κ2) is 8.94. The van der Waals surface area contributed by atoms with Crippen molar-refractivity contribution in [1.29, 1.82) is 0 Å². The van der Waals surface area contributed by atoms with E-state index in [1.807, 2.05) is 0 Å². The Bertz CT molecular complexity index is 1070. The Morgan fingerprint density at radius 3 is 2.41 bits per heavy atom. The Morgan fingerprint density at radius 2 is 1.75 bits per heavy atom. The van der Waals surface area contributed by atoms with Gasteiger partial charge in [0.1, 0.15) is 23.0 Å². The van der Waals surface area contributed by atoms with E-state index in [2.05, 4.69) is 0 Å². The van der Waals surface area contributed by atoms with Gasteiger partial charge in [0, 0.05) is 6.04 Å². The van der Waals surface area contributed by atoms with Gasteiger partial charge in [-0.2, -0.15) is 0 Å². The average Bonchev–Trinajstić information content (AvgIpc) is 3.09. The molecule has 4 rings (SSSR count). The van der Waals surface area contributed by atoms with Crippen molar-refractivity contribution in [3.05, 3.63) is 59.2 Å². The number of likely N-dealkylation sites (tertiary alicyclic amines) is 1. The first-order chi connectivity index (χ1) is 15.5. The molecule has 2 aromatic carbocycles. The van der Waals surface area contributed by atoms with Crippen LogP contribution in [0.5, 0.6) is 17.2 Å². The van der Waals surface area contributed by atoms with E-state index in [-0.39, 0.29) is 28.7 Å². The van der Waals surface area contributed by atoms with Crippen molar-refractivity contribution in [2.45, 2.75) is 44.2 Å². The van der Waals surface area contributed by atoms with Crippen molar-refractivity contribution in [3.63, 3.8) is 0 Å². The summed E-state index contributed by atoms with van der Waals surface area (Å²) in [6, 6.07) is 10.5. The van der Waals surface area contributed by atoms with Crippen LogP contribution >= 0.6 is 0 Å². The maximum atomic E-state index is 13.3. The van der Waals surface area contributed by atoms with E-state index in [1.165, 1.54) is 26.4 Å². The van der Waals surface area contributed by atoms with Crippen LogP contribution in [0.1, 0.15) is 49.3 Å². The predicted molar refractivity (Wildman–Crippen MR) is 119 cm³/mol. The molecule has 1 saturated carbocycles. The first-order valence-corrected chi connectivity index (χ1v) is 10.8. The van der Waals surface area contributed by atoms with Gasteiger partial charge in [0.2, 0.25) is 0 Å². The number of amides is 1. The molecule has 1 heterocycles. The molecule has 2 fully saturated rings. The molecule has 0 aromatic heterocycles. The number of phenolic OH excluding ortho intramolecular Hbond substituents is 1. The van der Waals surface area contributed by atoms with Gasteiger partial charge in [-0.15, -0.1) is 0 Å². The summed E-state index contributed by atoms with van der Waals surface area (Å²) >= 11 is 0. The minimum absolute atomic E-state index is 0.0160. The lowest BCUT2D eigenvalue weighted by molar-refractivity contribution is -0.141. The third-order valence-electron chi connectivity index (χ3n) is 6.30. The van der Waals surface area contributed by atoms with Crippen LogP contribution in [-0.2, 0) is 9.59 Å².